The lowest BCUT2D eigenvalue weighted by Gasteiger charge is -2.21. The normalized spacial score (nSPS) is 11.8. The highest BCUT2D eigenvalue weighted by Crippen LogP contribution is 2.25. The molecule has 1 heterocycles. The fourth-order valence-electron chi connectivity index (χ4n) is 3.42. The summed E-state index contributed by atoms with van der Waals surface area (Å²) in [5.41, 5.74) is 2.84. The Kier molecular flexibility index (Phi) is 8.23. The minimum atomic E-state index is -0.542. The van der Waals surface area contributed by atoms with Crippen LogP contribution < -0.4 is 10.6 Å². The maximum absolute atomic E-state index is 12.8. The SMILES string of the molecule is Cc1ccc(C)c(NC(=O)CSc2nnc([C@H](NC(=O)c3cccc([N+](=O)[O-])c3)C(C)C)n2C)c1. The third kappa shape index (κ3) is 6.44. The summed E-state index contributed by atoms with van der Waals surface area (Å²) in [6.45, 7) is 7.76. The molecule has 184 valence electrons. The van der Waals surface area contributed by atoms with Crippen molar-refractivity contribution in [1.29, 1.82) is 0 Å². The van der Waals surface area contributed by atoms with Gasteiger partial charge in [0.25, 0.3) is 11.6 Å². The van der Waals surface area contributed by atoms with Crippen LogP contribution in [-0.2, 0) is 11.8 Å². The zero-order chi connectivity index (χ0) is 25.7. The molecule has 2 aromatic carbocycles. The molecule has 3 rings (SSSR count). The van der Waals surface area contributed by atoms with Gasteiger partial charge in [-0.1, -0.05) is 43.8 Å². The average molecular weight is 497 g/mol. The van der Waals surface area contributed by atoms with Gasteiger partial charge in [-0.05, 0) is 43.0 Å². The van der Waals surface area contributed by atoms with E-state index in [1.165, 1.54) is 36.0 Å². The van der Waals surface area contributed by atoms with Gasteiger partial charge in [-0.2, -0.15) is 0 Å². The van der Waals surface area contributed by atoms with Crippen LogP contribution in [0.5, 0.6) is 0 Å². The lowest BCUT2D eigenvalue weighted by molar-refractivity contribution is -0.384. The zero-order valence-corrected chi connectivity index (χ0v) is 21.0. The minimum absolute atomic E-state index is 0.0361. The van der Waals surface area contributed by atoms with Crippen LogP contribution in [0.3, 0.4) is 0 Å². The molecule has 0 aliphatic rings. The summed E-state index contributed by atoms with van der Waals surface area (Å²) >= 11 is 1.24. The van der Waals surface area contributed by atoms with Crippen molar-refractivity contribution in [2.24, 2.45) is 13.0 Å². The molecule has 0 bridgehead atoms. The number of carbonyl (C=O) groups is 2. The van der Waals surface area contributed by atoms with Crippen molar-refractivity contribution in [3.8, 4) is 0 Å². The summed E-state index contributed by atoms with van der Waals surface area (Å²) in [4.78, 5) is 35.8. The second-order valence-corrected chi connectivity index (χ2v) is 9.50. The molecular formula is C24H28N6O4S. The van der Waals surface area contributed by atoms with Crippen LogP contribution in [0.2, 0.25) is 0 Å². The molecule has 2 amide bonds. The summed E-state index contributed by atoms with van der Waals surface area (Å²) in [7, 11) is 1.77. The van der Waals surface area contributed by atoms with Gasteiger partial charge < -0.3 is 15.2 Å². The quantitative estimate of drug-likeness (QED) is 0.258. The highest BCUT2D eigenvalue weighted by Gasteiger charge is 2.26. The molecule has 1 aromatic heterocycles. The molecule has 0 saturated heterocycles. The number of thioether (sulfide) groups is 1. The van der Waals surface area contributed by atoms with Gasteiger partial charge in [0.1, 0.15) is 0 Å². The number of anilines is 1. The van der Waals surface area contributed by atoms with Crippen molar-refractivity contribution in [2.75, 3.05) is 11.1 Å². The Hall–Kier alpha value is -3.73. The number of nitro groups is 1. The monoisotopic (exact) mass is 496 g/mol. The number of nitro benzene ring substituents is 1. The fraction of sp³-hybridized carbons (Fsp3) is 0.333. The first-order chi connectivity index (χ1) is 16.6. The Bertz CT molecular complexity index is 1260. The van der Waals surface area contributed by atoms with Crippen LogP contribution in [-0.4, -0.2) is 37.3 Å². The molecule has 0 aliphatic carbocycles. The van der Waals surface area contributed by atoms with E-state index in [0.717, 1.165) is 16.8 Å². The van der Waals surface area contributed by atoms with E-state index in [1.54, 1.807) is 11.6 Å². The van der Waals surface area contributed by atoms with Crippen LogP contribution in [0.4, 0.5) is 11.4 Å². The van der Waals surface area contributed by atoms with Crippen LogP contribution in [0.1, 0.15) is 47.2 Å². The lowest BCUT2D eigenvalue weighted by atomic mass is 10.0. The molecule has 10 nitrogen and oxygen atoms in total. The van der Waals surface area contributed by atoms with E-state index in [4.69, 9.17) is 0 Å². The maximum Gasteiger partial charge on any atom is 0.270 e. The van der Waals surface area contributed by atoms with Crippen molar-refractivity contribution in [3.05, 3.63) is 75.1 Å². The average Bonchev–Trinajstić information content (AvgIpc) is 3.18. The number of non-ortho nitro benzene ring substituents is 1. The number of hydrogen-bond acceptors (Lipinski definition) is 7. The van der Waals surface area contributed by atoms with E-state index in [1.807, 2.05) is 45.9 Å². The number of nitrogens with one attached hydrogen (secondary N) is 2. The molecule has 35 heavy (non-hydrogen) atoms. The van der Waals surface area contributed by atoms with E-state index in [9.17, 15) is 19.7 Å². The highest BCUT2D eigenvalue weighted by molar-refractivity contribution is 7.99. The van der Waals surface area contributed by atoms with E-state index < -0.39 is 16.9 Å². The standard InChI is InChI=1S/C24H28N6O4S/c1-14(2)21(26-23(32)17-7-6-8-18(12-17)30(33)34)22-27-28-24(29(22)5)35-13-20(31)25-19-11-15(3)9-10-16(19)4/h6-12,14,21H,13H2,1-5H3,(H,25,31)(H,26,32)/t21-/m1/s1. The van der Waals surface area contributed by atoms with Crippen LogP contribution in [0.25, 0.3) is 0 Å². The Balaban J connectivity index is 1.69. The van der Waals surface area contributed by atoms with Crippen molar-refractivity contribution in [1.82, 2.24) is 20.1 Å². The fourth-order valence-corrected chi connectivity index (χ4v) is 4.14. The number of aryl methyl sites for hydroxylation is 2. The predicted molar refractivity (Wildman–Crippen MR) is 134 cm³/mol. The number of rotatable bonds is 9. The van der Waals surface area contributed by atoms with Crippen LogP contribution >= 0.6 is 11.8 Å². The molecule has 0 saturated carbocycles. The number of nitrogens with zero attached hydrogens (tertiary/aromatic N) is 4. The first-order valence-corrected chi connectivity index (χ1v) is 12.0. The van der Waals surface area contributed by atoms with Crippen LogP contribution in [0, 0.1) is 29.9 Å². The number of aromatic nitrogens is 3. The molecule has 0 radical (unpaired) electrons. The lowest BCUT2D eigenvalue weighted by Crippen LogP contribution is -2.33. The molecule has 0 fully saturated rings. The molecular weight excluding hydrogens is 468 g/mol. The summed E-state index contributed by atoms with van der Waals surface area (Å²) in [5, 5.41) is 25.9. The van der Waals surface area contributed by atoms with Crippen LogP contribution in [0.15, 0.2) is 47.6 Å². The van der Waals surface area contributed by atoms with E-state index in [0.29, 0.717) is 11.0 Å². The van der Waals surface area contributed by atoms with Crippen molar-refractivity contribution < 1.29 is 14.5 Å². The van der Waals surface area contributed by atoms with Gasteiger partial charge in [-0.25, -0.2) is 0 Å². The number of carbonyl (C=O) groups excluding carboxylic acids is 2. The molecule has 1 atom stereocenters. The highest BCUT2D eigenvalue weighted by atomic mass is 32.2. The summed E-state index contributed by atoms with van der Waals surface area (Å²) < 4.78 is 1.74. The summed E-state index contributed by atoms with van der Waals surface area (Å²) in [6.07, 6.45) is 0. The second kappa shape index (κ2) is 11.1. The third-order valence-electron chi connectivity index (χ3n) is 5.42. The maximum atomic E-state index is 12.8. The molecule has 11 heteroatoms. The van der Waals surface area contributed by atoms with Gasteiger partial charge in [0.2, 0.25) is 5.91 Å². The first-order valence-electron chi connectivity index (χ1n) is 11.0. The smallest absolute Gasteiger partial charge is 0.270 e. The molecule has 2 N–H and O–H groups in total. The number of benzene rings is 2. The van der Waals surface area contributed by atoms with Crippen molar-refractivity contribution in [3.63, 3.8) is 0 Å². The Morgan fingerprint density at radius 1 is 1.14 bits per heavy atom. The van der Waals surface area contributed by atoms with Gasteiger partial charge in [0, 0.05) is 30.4 Å². The number of hydrogen-bond donors (Lipinski definition) is 2. The van der Waals surface area contributed by atoms with Gasteiger partial charge in [0.15, 0.2) is 11.0 Å². The van der Waals surface area contributed by atoms with E-state index in [2.05, 4.69) is 20.8 Å². The van der Waals surface area contributed by atoms with E-state index >= 15 is 0 Å². The molecule has 0 spiro atoms. The summed E-state index contributed by atoms with van der Waals surface area (Å²) in [5.74, 6) is 0.0264. The van der Waals surface area contributed by atoms with Crippen molar-refractivity contribution >= 4 is 35.0 Å². The Morgan fingerprint density at radius 2 is 1.89 bits per heavy atom. The predicted octanol–water partition coefficient (Wildman–Crippen LogP) is 4.20. The van der Waals surface area contributed by atoms with Gasteiger partial charge in [0.05, 0.1) is 16.7 Å². The third-order valence-corrected chi connectivity index (χ3v) is 6.44. The Labute approximate surface area is 207 Å². The molecule has 0 unspecified atom stereocenters. The largest absolute Gasteiger partial charge is 0.342 e. The van der Waals surface area contributed by atoms with Gasteiger partial charge in [-0.3, -0.25) is 19.7 Å². The second-order valence-electron chi connectivity index (χ2n) is 8.56. The van der Waals surface area contributed by atoms with E-state index in [-0.39, 0.29) is 28.8 Å². The minimum Gasteiger partial charge on any atom is -0.342 e. The Morgan fingerprint density at radius 3 is 2.57 bits per heavy atom. The topological polar surface area (TPSA) is 132 Å². The number of amides is 2. The zero-order valence-electron chi connectivity index (χ0n) is 20.2. The van der Waals surface area contributed by atoms with Gasteiger partial charge >= 0.3 is 0 Å². The van der Waals surface area contributed by atoms with Gasteiger partial charge in [-0.15, -0.1) is 10.2 Å². The molecule has 0 aliphatic heterocycles. The van der Waals surface area contributed by atoms with Crippen molar-refractivity contribution in [2.45, 2.75) is 38.9 Å². The first kappa shape index (κ1) is 25.9. The molecule has 3 aromatic rings. The summed E-state index contributed by atoms with van der Waals surface area (Å²) in [6, 6.07) is 10.9.